The summed E-state index contributed by atoms with van der Waals surface area (Å²) in [6.45, 7) is 9.31. The van der Waals surface area contributed by atoms with Crippen molar-refractivity contribution in [2.45, 2.75) is 71.6 Å². The van der Waals surface area contributed by atoms with Gasteiger partial charge in [0, 0.05) is 0 Å². The minimum Gasteiger partial charge on any atom is -0.0988 e. The Bertz CT molecular complexity index is 472. The van der Waals surface area contributed by atoms with E-state index in [1.54, 1.807) is 5.57 Å². The lowest BCUT2D eigenvalue weighted by atomic mass is 9.45. The summed E-state index contributed by atoms with van der Waals surface area (Å²) in [6, 6.07) is 0. The zero-order chi connectivity index (χ0) is 14.7. The summed E-state index contributed by atoms with van der Waals surface area (Å²) in [5.74, 6) is 3.98. The Morgan fingerprint density at radius 2 is 1.90 bits per heavy atom. The van der Waals surface area contributed by atoms with Crippen LogP contribution >= 0.6 is 0 Å². The van der Waals surface area contributed by atoms with Crippen LogP contribution in [-0.2, 0) is 0 Å². The second-order valence-electron chi connectivity index (χ2n) is 8.96. The maximum absolute atomic E-state index is 4.09. The van der Waals surface area contributed by atoms with E-state index in [1.807, 2.05) is 0 Å². The summed E-state index contributed by atoms with van der Waals surface area (Å²) in [6.07, 6.45) is 18.0. The highest BCUT2D eigenvalue weighted by Gasteiger charge is 2.57. The van der Waals surface area contributed by atoms with Gasteiger partial charge in [-0.1, -0.05) is 45.4 Å². The summed E-state index contributed by atoms with van der Waals surface area (Å²) in [4.78, 5) is 0. The molecular weight excluding hydrogens is 252 g/mol. The van der Waals surface area contributed by atoms with Crippen molar-refractivity contribution in [3.63, 3.8) is 0 Å². The van der Waals surface area contributed by atoms with Gasteiger partial charge < -0.3 is 0 Å². The lowest BCUT2D eigenvalue weighted by molar-refractivity contribution is -0.0982. The lowest BCUT2D eigenvalue weighted by Crippen LogP contribution is -2.52. The normalized spacial score (nSPS) is 52.4. The number of hydrogen-bond acceptors (Lipinski definition) is 0. The Hall–Kier alpha value is -0.520. The van der Waals surface area contributed by atoms with Gasteiger partial charge in [-0.25, -0.2) is 0 Å². The fourth-order valence-electron chi connectivity index (χ4n) is 7.21. The molecule has 3 fully saturated rings. The average Bonchev–Trinajstić information content (AvgIpc) is 2.83. The van der Waals surface area contributed by atoms with Crippen LogP contribution in [0.2, 0.25) is 0 Å². The first-order valence-corrected chi connectivity index (χ1v) is 9.42. The Balaban J connectivity index is 1.65. The fraction of sp³-hybridized carbons (Fsp3) is 0.810. The van der Waals surface area contributed by atoms with Gasteiger partial charge in [0.25, 0.3) is 0 Å². The second kappa shape index (κ2) is 4.74. The molecule has 4 aliphatic carbocycles. The predicted octanol–water partition coefficient (Wildman–Crippen LogP) is 6.14. The molecule has 0 aromatic carbocycles. The van der Waals surface area contributed by atoms with Gasteiger partial charge in [0.15, 0.2) is 0 Å². The highest BCUT2D eigenvalue weighted by molar-refractivity contribution is 5.32. The highest BCUT2D eigenvalue weighted by Crippen LogP contribution is 2.66. The molecule has 0 radical (unpaired) electrons. The maximum Gasteiger partial charge on any atom is -0.00446 e. The molecule has 0 unspecified atom stereocenters. The molecule has 0 spiro atoms. The van der Waals surface area contributed by atoms with E-state index >= 15 is 0 Å². The van der Waals surface area contributed by atoms with Gasteiger partial charge in [0.2, 0.25) is 0 Å². The van der Waals surface area contributed by atoms with Crippen LogP contribution in [0.5, 0.6) is 0 Å². The van der Waals surface area contributed by atoms with E-state index < -0.39 is 0 Å². The quantitative estimate of drug-likeness (QED) is 0.542. The van der Waals surface area contributed by atoms with E-state index in [0.717, 1.165) is 23.7 Å². The van der Waals surface area contributed by atoms with Crippen LogP contribution in [0.1, 0.15) is 71.6 Å². The monoisotopic (exact) mass is 284 g/mol. The van der Waals surface area contributed by atoms with Crippen molar-refractivity contribution in [2.24, 2.45) is 34.5 Å². The first-order chi connectivity index (χ1) is 10.1. The molecule has 0 amide bonds. The Labute approximate surface area is 131 Å². The van der Waals surface area contributed by atoms with Crippen molar-refractivity contribution >= 4 is 0 Å². The zero-order valence-electron chi connectivity index (χ0n) is 14.0. The standard InChI is InChI=1S/C21H32/c1-4-15-9-11-18-17-10-8-16-7-5-6-13-20(16,2)19(17)12-14-21(15,18)3/h4,9,16-19H,1,5-8,10-14H2,2-3H3/t16-,17+,18+,19+,20+,21-/m1/s1. The van der Waals surface area contributed by atoms with Crippen LogP contribution in [0.3, 0.4) is 0 Å². The minimum atomic E-state index is 0.459. The van der Waals surface area contributed by atoms with Crippen molar-refractivity contribution in [2.75, 3.05) is 0 Å². The van der Waals surface area contributed by atoms with E-state index in [4.69, 9.17) is 0 Å². The highest BCUT2D eigenvalue weighted by atomic mass is 14.6. The van der Waals surface area contributed by atoms with Gasteiger partial charge in [-0.2, -0.15) is 0 Å². The topological polar surface area (TPSA) is 0 Å². The van der Waals surface area contributed by atoms with Gasteiger partial charge in [-0.15, -0.1) is 0 Å². The molecule has 4 rings (SSSR count). The lowest BCUT2D eigenvalue weighted by Gasteiger charge is -2.60. The van der Waals surface area contributed by atoms with Crippen LogP contribution < -0.4 is 0 Å². The first kappa shape index (κ1) is 14.1. The van der Waals surface area contributed by atoms with Gasteiger partial charge in [0.1, 0.15) is 0 Å². The Kier molecular flexibility index (Phi) is 3.18. The molecule has 0 bridgehead atoms. The molecule has 3 saturated carbocycles. The molecule has 21 heavy (non-hydrogen) atoms. The SMILES string of the molecule is C=CC1=CC[C@H]2[C@@H]3CC[C@H]4CCCC[C@]4(C)[C@H]3CC[C@]12C. The van der Waals surface area contributed by atoms with Crippen molar-refractivity contribution in [1.29, 1.82) is 0 Å². The molecule has 0 heterocycles. The van der Waals surface area contributed by atoms with Crippen LogP contribution in [-0.4, -0.2) is 0 Å². The molecule has 0 aromatic rings. The van der Waals surface area contributed by atoms with Crippen molar-refractivity contribution in [1.82, 2.24) is 0 Å². The zero-order valence-corrected chi connectivity index (χ0v) is 14.0. The van der Waals surface area contributed by atoms with Crippen LogP contribution in [0, 0.1) is 34.5 Å². The smallest absolute Gasteiger partial charge is 0.00446 e. The van der Waals surface area contributed by atoms with E-state index in [1.165, 1.54) is 57.8 Å². The second-order valence-corrected chi connectivity index (χ2v) is 8.96. The summed E-state index contributed by atoms with van der Waals surface area (Å²) in [5, 5.41) is 0. The fourth-order valence-corrected chi connectivity index (χ4v) is 7.21. The van der Waals surface area contributed by atoms with E-state index in [2.05, 4.69) is 32.6 Å². The van der Waals surface area contributed by atoms with Gasteiger partial charge >= 0.3 is 0 Å². The van der Waals surface area contributed by atoms with E-state index in [-0.39, 0.29) is 0 Å². The Morgan fingerprint density at radius 1 is 1.05 bits per heavy atom. The first-order valence-electron chi connectivity index (χ1n) is 9.42. The van der Waals surface area contributed by atoms with Gasteiger partial charge in [-0.05, 0) is 85.0 Å². The molecule has 0 nitrogen and oxygen atoms in total. The predicted molar refractivity (Wildman–Crippen MR) is 90.0 cm³/mol. The molecule has 4 aliphatic rings. The Morgan fingerprint density at radius 3 is 2.71 bits per heavy atom. The van der Waals surface area contributed by atoms with E-state index in [0.29, 0.717) is 10.8 Å². The molecule has 0 aromatic heterocycles. The van der Waals surface area contributed by atoms with E-state index in [9.17, 15) is 0 Å². The molecule has 0 N–H and O–H groups in total. The molecule has 0 saturated heterocycles. The number of rotatable bonds is 1. The summed E-state index contributed by atoms with van der Waals surface area (Å²) in [7, 11) is 0. The minimum absolute atomic E-state index is 0.459. The van der Waals surface area contributed by atoms with Crippen LogP contribution in [0.15, 0.2) is 24.3 Å². The summed E-state index contributed by atoms with van der Waals surface area (Å²) in [5.41, 5.74) is 2.71. The maximum atomic E-state index is 4.09. The molecule has 0 heteroatoms. The van der Waals surface area contributed by atoms with Gasteiger partial charge in [0.05, 0.1) is 0 Å². The van der Waals surface area contributed by atoms with Gasteiger partial charge in [-0.3, -0.25) is 0 Å². The molecule has 0 aliphatic heterocycles. The summed E-state index contributed by atoms with van der Waals surface area (Å²) >= 11 is 0. The number of fused-ring (bicyclic) bond motifs is 5. The van der Waals surface area contributed by atoms with Crippen LogP contribution in [0.4, 0.5) is 0 Å². The summed E-state index contributed by atoms with van der Waals surface area (Å²) < 4.78 is 0. The molecule has 6 atom stereocenters. The number of hydrogen-bond donors (Lipinski definition) is 0. The third-order valence-electron chi connectivity index (χ3n) is 8.44. The molecule has 116 valence electrons. The number of allylic oxidation sites excluding steroid dienone is 3. The average molecular weight is 284 g/mol. The van der Waals surface area contributed by atoms with Crippen LogP contribution in [0.25, 0.3) is 0 Å². The van der Waals surface area contributed by atoms with Crippen molar-refractivity contribution < 1.29 is 0 Å². The van der Waals surface area contributed by atoms with Crippen molar-refractivity contribution in [3.8, 4) is 0 Å². The third-order valence-corrected chi connectivity index (χ3v) is 8.44. The van der Waals surface area contributed by atoms with Crippen molar-refractivity contribution in [3.05, 3.63) is 24.3 Å². The third kappa shape index (κ3) is 1.80. The largest absolute Gasteiger partial charge is 0.0988 e. The molecular formula is C21H32.